The van der Waals surface area contributed by atoms with Gasteiger partial charge < -0.3 is 4.57 Å². The first-order valence-electron chi connectivity index (χ1n) is 18.9. The first-order chi connectivity index (χ1) is 27.8. The lowest BCUT2D eigenvalue weighted by atomic mass is 9.98. The van der Waals surface area contributed by atoms with Crippen molar-refractivity contribution >= 4 is 43.6 Å². The summed E-state index contributed by atoms with van der Waals surface area (Å²) in [6, 6.07) is 70.3. The van der Waals surface area contributed by atoms with Crippen LogP contribution in [0.2, 0.25) is 0 Å². The zero-order valence-corrected chi connectivity index (χ0v) is 30.3. The minimum absolute atomic E-state index is 0.567. The van der Waals surface area contributed by atoms with E-state index in [4.69, 9.17) is 15.0 Å². The van der Waals surface area contributed by atoms with Gasteiger partial charge >= 0.3 is 0 Å². The Hall–Kier alpha value is -7.63. The summed E-state index contributed by atoms with van der Waals surface area (Å²) in [7, 11) is 0. The summed E-state index contributed by atoms with van der Waals surface area (Å²) in [6.45, 7) is 0. The van der Waals surface area contributed by atoms with E-state index in [1.807, 2.05) is 24.3 Å². The van der Waals surface area contributed by atoms with Gasteiger partial charge in [-0.15, -0.1) is 0 Å². The fraction of sp³-hybridized carbons (Fsp3) is 0. The van der Waals surface area contributed by atoms with Gasteiger partial charge in [-0.1, -0.05) is 170 Å². The molecule has 8 aromatic carbocycles. The molecule has 0 unspecified atom stereocenters. The molecule has 11 rings (SSSR count). The van der Waals surface area contributed by atoms with Crippen molar-refractivity contribution in [3.8, 4) is 56.7 Å². The summed E-state index contributed by atoms with van der Waals surface area (Å²) in [5, 5.41) is 4.64. The Bertz CT molecular complexity index is 3220. The third kappa shape index (κ3) is 5.21. The maximum absolute atomic E-state index is 5.32. The number of benzene rings is 8. The van der Waals surface area contributed by atoms with E-state index >= 15 is 0 Å². The van der Waals surface area contributed by atoms with Gasteiger partial charge in [-0.25, -0.2) is 4.98 Å². The summed E-state index contributed by atoms with van der Waals surface area (Å²) < 4.78 is 4.63. The molecule has 5 heteroatoms. The molecule has 0 fully saturated rings. The summed E-state index contributed by atoms with van der Waals surface area (Å²) in [5.74, 6) is 1.80. The van der Waals surface area contributed by atoms with Crippen molar-refractivity contribution in [1.29, 1.82) is 0 Å². The first kappa shape index (κ1) is 31.9. The molecule has 0 aliphatic carbocycles. The van der Waals surface area contributed by atoms with Crippen LogP contribution in [0, 0.1) is 0 Å². The van der Waals surface area contributed by atoms with Gasteiger partial charge in [-0.05, 0) is 52.6 Å². The maximum atomic E-state index is 5.32. The molecule has 0 aliphatic rings. The van der Waals surface area contributed by atoms with Crippen molar-refractivity contribution in [3.05, 3.63) is 200 Å². The highest BCUT2D eigenvalue weighted by Gasteiger charge is 2.23. The number of hydrogen-bond donors (Lipinski definition) is 0. The Morgan fingerprint density at radius 3 is 1.32 bits per heavy atom. The smallest absolute Gasteiger partial charge is 0.238 e. The van der Waals surface area contributed by atoms with E-state index in [-0.39, 0.29) is 0 Å². The molecule has 0 saturated heterocycles. The van der Waals surface area contributed by atoms with E-state index in [0.717, 1.165) is 60.8 Å². The third-order valence-corrected chi connectivity index (χ3v) is 10.8. The number of fused-ring (bicyclic) bond motifs is 7. The Morgan fingerprint density at radius 1 is 0.286 bits per heavy atom. The molecular formula is C51H33N5. The van der Waals surface area contributed by atoms with Gasteiger partial charge in [0.15, 0.2) is 11.6 Å². The van der Waals surface area contributed by atoms with Crippen molar-refractivity contribution in [2.75, 3.05) is 0 Å². The summed E-state index contributed by atoms with van der Waals surface area (Å²) in [5.41, 5.74) is 11.9. The minimum Gasteiger partial charge on any atom is -0.307 e. The summed E-state index contributed by atoms with van der Waals surface area (Å²) >= 11 is 0. The normalized spacial score (nSPS) is 11.6. The van der Waals surface area contributed by atoms with Crippen LogP contribution in [-0.2, 0) is 0 Å². The quantitative estimate of drug-likeness (QED) is 0.172. The number of nitrogens with zero attached hydrogens (tertiary/aromatic N) is 5. The zero-order valence-electron chi connectivity index (χ0n) is 30.3. The van der Waals surface area contributed by atoms with Gasteiger partial charge in [0, 0.05) is 38.4 Å². The molecule has 0 atom stereocenters. The summed E-state index contributed by atoms with van der Waals surface area (Å²) in [4.78, 5) is 15.7. The van der Waals surface area contributed by atoms with Crippen molar-refractivity contribution in [2.24, 2.45) is 0 Å². The highest BCUT2D eigenvalue weighted by Crippen LogP contribution is 2.41. The Kier molecular flexibility index (Phi) is 7.42. The molecule has 56 heavy (non-hydrogen) atoms. The Morgan fingerprint density at radius 2 is 0.714 bits per heavy atom. The Balaban J connectivity index is 1.15. The average Bonchev–Trinajstić information content (AvgIpc) is 3.80. The molecule has 3 aromatic heterocycles. The number of hydrogen-bond acceptors (Lipinski definition) is 3. The number of aromatic nitrogens is 5. The molecule has 0 radical (unpaired) electrons. The van der Waals surface area contributed by atoms with E-state index in [2.05, 4.69) is 185 Å². The molecule has 0 bridgehead atoms. The molecule has 0 amide bonds. The van der Waals surface area contributed by atoms with Crippen LogP contribution in [0.1, 0.15) is 0 Å². The van der Waals surface area contributed by atoms with Crippen LogP contribution >= 0.6 is 0 Å². The topological polar surface area (TPSA) is 48.5 Å². The molecule has 3 heterocycles. The van der Waals surface area contributed by atoms with E-state index in [1.54, 1.807) is 0 Å². The fourth-order valence-corrected chi connectivity index (χ4v) is 8.18. The monoisotopic (exact) mass is 715 g/mol. The first-order valence-corrected chi connectivity index (χ1v) is 18.9. The van der Waals surface area contributed by atoms with Gasteiger partial charge in [0.2, 0.25) is 5.95 Å². The second kappa shape index (κ2) is 13.0. The van der Waals surface area contributed by atoms with Crippen molar-refractivity contribution < 1.29 is 0 Å². The average molecular weight is 716 g/mol. The molecule has 0 aliphatic heterocycles. The Labute approximate surface area is 323 Å². The van der Waals surface area contributed by atoms with Crippen LogP contribution in [0.25, 0.3) is 100 Å². The van der Waals surface area contributed by atoms with Crippen LogP contribution in [-0.4, -0.2) is 24.1 Å². The van der Waals surface area contributed by atoms with E-state index in [9.17, 15) is 0 Å². The SMILES string of the molecule is c1ccc(-c2cccc(-c3ccc(-c4nc(-c5ccccc5)nc(-n5c6ccccc6c6ccc7c8ccccc8n(-c8ccccc8)c7c65)n4)cc3)c2)cc1. The van der Waals surface area contributed by atoms with Gasteiger partial charge in [0.1, 0.15) is 0 Å². The minimum atomic E-state index is 0.567. The van der Waals surface area contributed by atoms with Gasteiger partial charge in [0.25, 0.3) is 0 Å². The second-order valence-corrected chi connectivity index (χ2v) is 14.1. The fourth-order valence-electron chi connectivity index (χ4n) is 8.18. The molecule has 11 aromatic rings. The largest absolute Gasteiger partial charge is 0.307 e. The molecule has 5 nitrogen and oxygen atoms in total. The van der Waals surface area contributed by atoms with Crippen LogP contribution in [0.3, 0.4) is 0 Å². The lowest BCUT2D eigenvalue weighted by molar-refractivity contribution is 0.953. The van der Waals surface area contributed by atoms with Crippen molar-refractivity contribution in [3.63, 3.8) is 0 Å². The van der Waals surface area contributed by atoms with E-state index in [1.165, 1.54) is 21.9 Å². The highest BCUT2D eigenvalue weighted by molar-refractivity contribution is 6.23. The van der Waals surface area contributed by atoms with Crippen molar-refractivity contribution in [2.45, 2.75) is 0 Å². The second-order valence-electron chi connectivity index (χ2n) is 14.1. The standard InChI is InChI=1S/C51H33N5/c1-4-15-34(16-5-1)38-19-14-20-39(33-38)35-27-29-37(30-28-35)50-52-49(36-17-6-2-7-18-36)53-51(54-50)56-46-26-13-11-24-42(46)44-32-31-43-41-23-10-12-25-45(41)55(47(43)48(44)56)40-21-8-3-9-22-40/h1-33H. The zero-order chi connectivity index (χ0) is 37.0. The van der Waals surface area contributed by atoms with Gasteiger partial charge in [-0.2, -0.15) is 9.97 Å². The maximum Gasteiger partial charge on any atom is 0.238 e. The lowest BCUT2D eigenvalue weighted by Gasteiger charge is -2.13. The van der Waals surface area contributed by atoms with Gasteiger partial charge in [0.05, 0.1) is 22.1 Å². The van der Waals surface area contributed by atoms with E-state index in [0.29, 0.717) is 17.6 Å². The van der Waals surface area contributed by atoms with Crippen LogP contribution in [0.15, 0.2) is 200 Å². The number of rotatable bonds is 6. The molecule has 0 spiro atoms. The van der Waals surface area contributed by atoms with Crippen molar-refractivity contribution in [1.82, 2.24) is 24.1 Å². The molecular weight excluding hydrogens is 683 g/mol. The predicted octanol–water partition coefficient (Wildman–Crippen LogP) is 12.7. The summed E-state index contributed by atoms with van der Waals surface area (Å²) in [6.07, 6.45) is 0. The molecule has 0 N–H and O–H groups in total. The molecule has 262 valence electrons. The van der Waals surface area contributed by atoms with Crippen LogP contribution in [0.4, 0.5) is 0 Å². The predicted molar refractivity (Wildman–Crippen MR) is 230 cm³/mol. The highest BCUT2D eigenvalue weighted by atomic mass is 15.2. The molecule has 0 saturated carbocycles. The van der Waals surface area contributed by atoms with Crippen LogP contribution in [0.5, 0.6) is 0 Å². The van der Waals surface area contributed by atoms with Gasteiger partial charge in [-0.3, -0.25) is 4.57 Å². The van der Waals surface area contributed by atoms with Crippen LogP contribution < -0.4 is 0 Å². The number of para-hydroxylation sites is 3. The van der Waals surface area contributed by atoms with E-state index < -0.39 is 0 Å². The third-order valence-electron chi connectivity index (χ3n) is 10.8. The lowest BCUT2D eigenvalue weighted by Crippen LogP contribution is -2.07.